The third-order valence-corrected chi connectivity index (χ3v) is 2.23. The maximum absolute atomic E-state index is 3.98. The van der Waals surface area contributed by atoms with E-state index in [1.807, 2.05) is 24.8 Å². The zero-order chi connectivity index (χ0) is 11.5. The first-order chi connectivity index (χ1) is 7.93. The second-order valence-corrected chi connectivity index (χ2v) is 3.63. The lowest BCUT2D eigenvalue weighted by atomic mass is 10.2. The molecule has 2 aromatic heterocycles. The van der Waals surface area contributed by atoms with Crippen molar-refractivity contribution in [2.45, 2.75) is 39.2 Å². The number of imidazole rings is 1. The average Bonchev–Trinajstić information content (AvgIpc) is 2.99. The number of nitrogens with zero attached hydrogens (tertiary/aromatic N) is 3. The summed E-state index contributed by atoms with van der Waals surface area (Å²) in [6, 6.07) is 1.83. The number of H-pyrrole nitrogens is 1. The van der Waals surface area contributed by atoms with Crippen molar-refractivity contribution in [2.24, 2.45) is 0 Å². The van der Waals surface area contributed by atoms with E-state index >= 15 is 0 Å². The molecule has 0 bridgehead atoms. The summed E-state index contributed by atoms with van der Waals surface area (Å²) in [4.78, 5) is 3.98. The third kappa shape index (κ3) is 6.01. The summed E-state index contributed by atoms with van der Waals surface area (Å²) < 4.78 is 2.13. The van der Waals surface area contributed by atoms with E-state index in [2.05, 4.69) is 26.7 Å². The van der Waals surface area contributed by atoms with Gasteiger partial charge in [-0.2, -0.15) is 5.10 Å². The summed E-state index contributed by atoms with van der Waals surface area (Å²) in [6.07, 6.45) is 14.5. The molecule has 0 aliphatic rings. The molecule has 0 aromatic carbocycles. The lowest BCUT2D eigenvalue weighted by Gasteiger charge is -1.99. The van der Waals surface area contributed by atoms with Gasteiger partial charge in [0.1, 0.15) is 0 Å². The van der Waals surface area contributed by atoms with Crippen molar-refractivity contribution >= 4 is 0 Å². The molecule has 88 valence electrons. The molecular weight excluding hydrogens is 200 g/mol. The Hall–Kier alpha value is -1.58. The summed E-state index contributed by atoms with van der Waals surface area (Å²) in [5.74, 6) is 0. The number of nitrogens with one attached hydrogen (secondary N) is 1. The van der Waals surface area contributed by atoms with E-state index in [-0.39, 0.29) is 0 Å². The van der Waals surface area contributed by atoms with Crippen molar-refractivity contribution < 1.29 is 0 Å². The van der Waals surface area contributed by atoms with Crippen LogP contribution >= 0.6 is 0 Å². The van der Waals surface area contributed by atoms with Crippen molar-refractivity contribution in [3.8, 4) is 0 Å². The van der Waals surface area contributed by atoms with Crippen molar-refractivity contribution in [2.75, 3.05) is 0 Å². The molecule has 0 spiro atoms. The fraction of sp³-hybridized carbons (Fsp3) is 0.500. The highest BCUT2D eigenvalue weighted by molar-refractivity contribution is 4.73. The summed E-state index contributed by atoms with van der Waals surface area (Å²) in [5, 5.41) is 6.21. The minimum absolute atomic E-state index is 1.12. The molecule has 0 amide bonds. The minimum Gasteiger partial charge on any atom is -0.337 e. The van der Waals surface area contributed by atoms with Crippen LogP contribution in [0.1, 0.15) is 32.6 Å². The third-order valence-electron chi connectivity index (χ3n) is 2.23. The normalized spacial score (nSPS) is 9.56. The van der Waals surface area contributed by atoms with Crippen LogP contribution in [0.2, 0.25) is 0 Å². The summed E-state index contributed by atoms with van der Waals surface area (Å²) >= 11 is 0. The van der Waals surface area contributed by atoms with Crippen molar-refractivity contribution in [3.05, 3.63) is 37.2 Å². The molecule has 0 fully saturated rings. The van der Waals surface area contributed by atoms with Gasteiger partial charge in [0, 0.05) is 31.3 Å². The highest BCUT2D eigenvalue weighted by Gasteiger charge is 1.89. The molecule has 2 heterocycles. The van der Waals surface area contributed by atoms with Gasteiger partial charge in [-0.1, -0.05) is 26.2 Å². The number of unbranched alkanes of at least 4 members (excludes halogenated alkanes) is 3. The van der Waals surface area contributed by atoms with Crippen LogP contribution in [0.15, 0.2) is 37.2 Å². The highest BCUT2D eigenvalue weighted by Crippen LogP contribution is 2.00. The summed E-state index contributed by atoms with van der Waals surface area (Å²) in [5.41, 5.74) is 0. The molecule has 0 aliphatic carbocycles. The van der Waals surface area contributed by atoms with Crippen molar-refractivity contribution in [3.63, 3.8) is 0 Å². The van der Waals surface area contributed by atoms with Crippen molar-refractivity contribution in [1.82, 2.24) is 19.7 Å². The minimum atomic E-state index is 1.12. The van der Waals surface area contributed by atoms with Crippen LogP contribution in [0.3, 0.4) is 0 Å². The predicted octanol–water partition coefficient (Wildman–Crippen LogP) is 2.87. The Morgan fingerprint density at radius 3 is 2.62 bits per heavy atom. The fourth-order valence-corrected chi connectivity index (χ4v) is 1.36. The number of hydrogen-bond donors (Lipinski definition) is 1. The molecule has 4 heteroatoms. The van der Waals surface area contributed by atoms with Crippen LogP contribution in [0.25, 0.3) is 0 Å². The standard InChI is InChI=1S/C9H16N2.C3H4N2/c1-2-3-4-5-7-11-8-6-10-9-11;1-2-4-5-3-1/h6,8-9H,2-5,7H2,1H3;1-3H,(H,4,5). The van der Waals surface area contributed by atoms with E-state index in [1.165, 1.54) is 25.7 Å². The second-order valence-electron chi connectivity index (χ2n) is 3.63. The number of aromatic nitrogens is 4. The maximum Gasteiger partial charge on any atom is 0.0945 e. The molecule has 0 saturated carbocycles. The molecule has 0 aliphatic heterocycles. The zero-order valence-electron chi connectivity index (χ0n) is 9.84. The molecule has 16 heavy (non-hydrogen) atoms. The lowest BCUT2D eigenvalue weighted by Crippen LogP contribution is -1.93. The van der Waals surface area contributed by atoms with Crippen LogP contribution < -0.4 is 0 Å². The Labute approximate surface area is 96.7 Å². The van der Waals surface area contributed by atoms with E-state index < -0.39 is 0 Å². The van der Waals surface area contributed by atoms with Crippen LogP contribution in [-0.2, 0) is 6.54 Å². The van der Waals surface area contributed by atoms with Crippen molar-refractivity contribution in [1.29, 1.82) is 0 Å². The summed E-state index contributed by atoms with van der Waals surface area (Å²) in [7, 11) is 0. The van der Waals surface area contributed by atoms with Gasteiger partial charge < -0.3 is 4.57 Å². The number of hydrogen-bond acceptors (Lipinski definition) is 2. The van der Waals surface area contributed by atoms with Crippen LogP contribution in [0, 0.1) is 0 Å². The van der Waals surface area contributed by atoms with Gasteiger partial charge in [-0.3, -0.25) is 5.10 Å². The van der Waals surface area contributed by atoms with E-state index in [0.29, 0.717) is 0 Å². The van der Waals surface area contributed by atoms with E-state index in [9.17, 15) is 0 Å². The molecule has 1 N–H and O–H groups in total. The monoisotopic (exact) mass is 220 g/mol. The predicted molar refractivity (Wildman–Crippen MR) is 65.0 cm³/mol. The molecular formula is C12H20N4. The Bertz CT molecular complexity index is 295. The van der Waals surface area contributed by atoms with Gasteiger partial charge >= 0.3 is 0 Å². The largest absolute Gasteiger partial charge is 0.337 e. The van der Waals surface area contributed by atoms with Gasteiger partial charge in [-0.05, 0) is 12.5 Å². The smallest absolute Gasteiger partial charge is 0.0945 e. The van der Waals surface area contributed by atoms with Gasteiger partial charge in [0.2, 0.25) is 0 Å². The maximum atomic E-state index is 3.98. The Balaban J connectivity index is 0.000000212. The molecule has 0 unspecified atom stereocenters. The quantitative estimate of drug-likeness (QED) is 0.787. The van der Waals surface area contributed by atoms with E-state index in [1.54, 1.807) is 12.4 Å². The molecule has 0 radical (unpaired) electrons. The fourth-order valence-electron chi connectivity index (χ4n) is 1.36. The first kappa shape index (κ1) is 12.5. The zero-order valence-corrected chi connectivity index (χ0v) is 9.84. The van der Waals surface area contributed by atoms with Gasteiger partial charge in [-0.15, -0.1) is 0 Å². The first-order valence-corrected chi connectivity index (χ1v) is 5.83. The van der Waals surface area contributed by atoms with E-state index in [4.69, 9.17) is 0 Å². The molecule has 2 rings (SSSR count). The second kappa shape index (κ2) is 8.71. The van der Waals surface area contributed by atoms with Crippen LogP contribution in [0.5, 0.6) is 0 Å². The lowest BCUT2D eigenvalue weighted by molar-refractivity contribution is 0.582. The highest BCUT2D eigenvalue weighted by atomic mass is 15.1. The number of aryl methyl sites for hydroxylation is 1. The van der Waals surface area contributed by atoms with Crippen LogP contribution in [-0.4, -0.2) is 19.7 Å². The Kier molecular flexibility index (Phi) is 6.80. The van der Waals surface area contributed by atoms with Crippen LogP contribution in [0.4, 0.5) is 0 Å². The molecule has 2 aromatic rings. The Morgan fingerprint density at radius 1 is 1.19 bits per heavy atom. The van der Waals surface area contributed by atoms with Gasteiger partial charge in [0.05, 0.1) is 6.33 Å². The van der Waals surface area contributed by atoms with E-state index in [0.717, 1.165) is 6.54 Å². The van der Waals surface area contributed by atoms with Gasteiger partial charge in [0.25, 0.3) is 0 Å². The van der Waals surface area contributed by atoms with Gasteiger partial charge in [-0.25, -0.2) is 4.98 Å². The number of aromatic amines is 1. The molecule has 0 saturated heterocycles. The molecule has 4 nitrogen and oxygen atoms in total. The average molecular weight is 220 g/mol. The topological polar surface area (TPSA) is 46.5 Å². The first-order valence-electron chi connectivity index (χ1n) is 5.83. The summed E-state index contributed by atoms with van der Waals surface area (Å²) in [6.45, 7) is 3.36. The SMILES string of the molecule is CCCCCCn1ccnc1.c1cn[nH]c1. The number of rotatable bonds is 5. The molecule has 0 atom stereocenters. The Morgan fingerprint density at radius 2 is 2.12 bits per heavy atom. The van der Waals surface area contributed by atoms with Gasteiger partial charge in [0.15, 0.2) is 0 Å².